The topological polar surface area (TPSA) is 72.7 Å². The lowest BCUT2D eigenvalue weighted by Gasteiger charge is -2.26. The highest BCUT2D eigenvalue weighted by molar-refractivity contribution is 6.09. The van der Waals surface area contributed by atoms with Crippen molar-refractivity contribution in [2.75, 3.05) is 25.1 Å². The van der Waals surface area contributed by atoms with Crippen molar-refractivity contribution in [2.24, 2.45) is 0 Å². The molecule has 0 unspecified atom stereocenters. The van der Waals surface area contributed by atoms with Crippen LogP contribution >= 0.6 is 0 Å². The van der Waals surface area contributed by atoms with E-state index >= 15 is 0 Å². The first-order valence-corrected chi connectivity index (χ1v) is 10.9. The van der Waals surface area contributed by atoms with Crippen LogP contribution in [0.2, 0.25) is 0 Å². The molecule has 0 spiro atoms. The molecule has 0 fully saturated rings. The summed E-state index contributed by atoms with van der Waals surface area (Å²) in [5, 5.41) is 19.5. The highest BCUT2D eigenvalue weighted by Crippen LogP contribution is 2.40. The number of phenolic OH excluding ortho intramolecular Hbond substituents is 1. The Labute approximate surface area is 189 Å². The van der Waals surface area contributed by atoms with E-state index < -0.39 is 0 Å². The molecule has 0 radical (unpaired) electrons. The Morgan fingerprint density at radius 3 is 2.69 bits per heavy atom. The van der Waals surface area contributed by atoms with Gasteiger partial charge in [-0.3, -0.25) is 9.88 Å². The van der Waals surface area contributed by atoms with Crippen molar-refractivity contribution in [1.82, 2.24) is 9.88 Å². The maximum Gasteiger partial charge on any atom is 0.125 e. The molecule has 1 aromatic heterocycles. The van der Waals surface area contributed by atoms with Crippen LogP contribution < -0.4 is 9.64 Å². The van der Waals surface area contributed by atoms with Gasteiger partial charge >= 0.3 is 0 Å². The van der Waals surface area contributed by atoms with Gasteiger partial charge in [0.2, 0.25) is 0 Å². The first-order chi connectivity index (χ1) is 15.4. The number of hydrogen-bond donors (Lipinski definition) is 2. The van der Waals surface area contributed by atoms with Gasteiger partial charge in [0.05, 0.1) is 18.3 Å². The lowest BCUT2D eigenvalue weighted by atomic mass is 10.0. The molecule has 1 aliphatic heterocycles. The highest BCUT2D eigenvalue weighted by atomic mass is 16.5. The maximum atomic E-state index is 10.8. The fourth-order valence-corrected chi connectivity index (χ4v) is 4.26. The van der Waals surface area contributed by atoms with Crippen LogP contribution in [0, 0.1) is 5.41 Å². The number of hydrogen-bond acceptors (Lipinski definition) is 6. The van der Waals surface area contributed by atoms with E-state index in [1.807, 2.05) is 31.3 Å². The van der Waals surface area contributed by atoms with E-state index in [1.54, 1.807) is 13.2 Å². The number of ether oxygens (including phenoxy) is 1. The summed E-state index contributed by atoms with van der Waals surface area (Å²) < 4.78 is 5.46. The Hall–Kier alpha value is -3.38. The third-order valence-electron chi connectivity index (χ3n) is 6.18. The number of aromatic hydroxyl groups is 1. The van der Waals surface area contributed by atoms with Crippen LogP contribution in [0.25, 0.3) is 16.5 Å². The molecule has 0 atom stereocenters. The number of phenols is 1. The van der Waals surface area contributed by atoms with Crippen LogP contribution in [0.4, 0.5) is 11.4 Å². The molecule has 2 heterocycles. The number of aromatic nitrogens is 1. The van der Waals surface area contributed by atoms with Gasteiger partial charge in [-0.05, 0) is 50.6 Å². The molecule has 0 saturated heterocycles. The normalized spacial score (nSPS) is 15.0. The van der Waals surface area contributed by atoms with Crippen LogP contribution in [0.1, 0.15) is 31.9 Å². The Morgan fingerprint density at radius 2 is 2.00 bits per heavy atom. The zero-order valence-corrected chi connectivity index (χ0v) is 19.1. The monoisotopic (exact) mass is 430 g/mol. The van der Waals surface area contributed by atoms with Gasteiger partial charge < -0.3 is 20.2 Å². The Morgan fingerprint density at radius 1 is 1.19 bits per heavy atom. The summed E-state index contributed by atoms with van der Waals surface area (Å²) in [5.41, 5.74) is 5.57. The third kappa shape index (κ3) is 4.06. The minimum atomic E-state index is 0.255. The molecule has 6 heteroatoms. The first-order valence-electron chi connectivity index (χ1n) is 10.9. The number of pyridine rings is 1. The molecule has 2 N–H and O–H groups in total. The molecule has 0 aliphatic carbocycles. The lowest BCUT2D eigenvalue weighted by Crippen LogP contribution is -2.34. The van der Waals surface area contributed by atoms with Gasteiger partial charge in [0.1, 0.15) is 11.5 Å². The van der Waals surface area contributed by atoms with Crippen molar-refractivity contribution in [3.63, 3.8) is 0 Å². The smallest absolute Gasteiger partial charge is 0.125 e. The standard InChI is InChI=1S/C26H30N4O2/c1-5-18(14-27)20-10-19-11-21(6-7-24(19)28-15-20)30-9-8-29(17(2)3)16-23-25(30)12-22(32-4)13-26(23)31/h5-7,10-15,17,27,31H,8-9,16H2,1-4H3/b18-5+,27-14?. The average molecular weight is 431 g/mol. The summed E-state index contributed by atoms with van der Waals surface area (Å²) >= 11 is 0. The van der Waals surface area contributed by atoms with E-state index in [9.17, 15) is 5.11 Å². The second-order valence-corrected chi connectivity index (χ2v) is 8.35. The van der Waals surface area contributed by atoms with Gasteiger partial charge in [-0.15, -0.1) is 0 Å². The summed E-state index contributed by atoms with van der Waals surface area (Å²) in [6.45, 7) is 8.64. The maximum absolute atomic E-state index is 10.8. The molecule has 3 aromatic rings. The molecule has 32 heavy (non-hydrogen) atoms. The van der Waals surface area contributed by atoms with E-state index in [1.165, 1.54) is 6.21 Å². The Kier molecular flexibility index (Phi) is 6.15. The molecule has 0 amide bonds. The molecule has 4 rings (SSSR count). The zero-order valence-electron chi connectivity index (χ0n) is 19.1. The molecule has 0 saturated carbocycles. The summed E-state index contributed by atoms with van der Waals surface area (Å²) in [7, 11) is 1.62. The molecule has 0 bridgehead atoms. The van der Waals surface area contributed by atoms with Gasteiger partial charge in [-0.1, -0.05) is 6.08 Å². The predicted molar refractivity (Wildman–Crippen MR) is 131 cm³/mol. The largest absolute Gasteiger partial charge is 0.507 e. The molecular formula is C26H30N4O2. The van der Waals surface area contributed by atoms with Crippen LogP contribution in [0.15, 0.2) is 48.7 Å². The van der Waals surface area contributed by atoms with E-state index in [4.69, 9.17) is 10.1 Å². The van der Waals surface area contributed by atoms with Gasteiger partial charge in [-0.2, -0.15) is 0 Å². The van der Waals surface area contributed by atoms with E-state index in [0.29, 0.717) is 18.3 Å². The van der Waals surface area contributed by atoms with Crippen molar-refractivity contribution in [3.05, 3.63) is 59.8 Å². The predicted octanol–water partition coefficient (Wildman–Crippen LogP) is 5.36. The quantitative estimate of drug-likeness (QED) is 0.533. The first kappa shape index (κ1) is 21.8. The van der Waals surface area contributed by atoms with Gasteiger partial charge in [-0.25, -0.2) is 0 Å². The van der Waals surface area contributed by atoms with Gasteiger partial charge in [0.25, 0.3) is 0 Å². The van der Waals surface area contributed by atoms with Gasteiger partial charge in [0.15, 0.2) is 0 Å². The van der Waals surface area contributed by atoms with E-state index in [2.05, 4.69) is 46.8 Å². The highest BCUT2D eigenvalue weighted by Gasteiger charge is 2.26. The molecule has 2 aromatic carbocycles. The van der Waals surface area contributed by atoms with Gasteiger partial charge in [0, 0.05) is 72.4 Å². The minimum Gasteiger partial charge on any atom is -0.507 e. The SMILES string of the molecule is C/C=C(\C=N)c1cnc2ccc(N3CCN(C(C)C)Cc4c(O)cc(OC)cc43)cc2c1. The van der Waals surface area contributed by atoms with Crippen molar-refractivity contribution in [2.45, 2.75) is 33.4 Å². The number of rotatable bonds is 5. The summed E-state index contributed by atoms with van der Waals surface area (Å²) in [6.07, 6.45) is 5.08. The number of nitrogens with one attached hydrogen (secondary N) is 1. The third-order valence-corrected chi connectivity index (χ3v) is 6.18. The number of allylic oxidation sites excluding steroid dienone is 2. The number of nitrogens with zero attached hydrogens (tertiary/aromatic N) is 3. The summed E-state index contributed by atoms with van der Waals surface area (Å²) in [6, 6.07) is 12.4. The summed E-state index contributed by atoms with van der Waals surface area (Å²) in [5.74, 6) is 0.892. The molecule has 1 aliphatic rings. The molecule has 6 nitrogen and oxygen atoms in total. The Bertz CT molecular complexity index is 1190. The fourth-order valence-electron chi connectivity index (χ4n) is 4.26. The fraction of sp³-hybridized carbons (Fsp3) is 0.308. The van der Waals surface area contributed by atoms with Crippen molar-refractivity contribution >= 4 is 34.1 Å². The summed E-state index contributed by atoms with van der Waals surface area (Å²) in [4.78, 5) is 9.21. The van der Waals surface area contributed by atoms with Crippen molar-refractivity contribution in [3.8, 4) is 11.5 Å². The Balaban J connectivity index is 1.85. The number of fused-ring (bicyclic) bond motifs is 2. The second-order valence-electron chi connectivity index (χ2n) is 8.35. The van der Waals surface area contributed by atoms with Crippen molar-refractivity contribution in [1.29, 1.82) is 5.41 Å². The van der Waals surface area contributed by atoms with Crippen LogP contribution in [-0.2, 0) is 6.54 Å². The number of anilines is 2. The van der Waals surface area contributed by atoms with Crippen LogP contribution in [0.3, 0.4) is 0 Å². The van der Waals surface area contributed by atoms with E-state index in [-0.39, 0.29) is 5.75 Å². The van der Waals surface area contributed by atoms with E-state index in [0.717, 1.165) is 52.1 Å². The minimum absolute atomic E-state index is 0.255. The number of benzene rings is 2. The zero-order chi connectivity index (χ0) is 22.8. The average Bonchev–Trinajstić information content (AvgIpc) is 2.99. The lowest BCUT2D eigenvalue weighted by molar-refractivity contribution is 0.221. The molecular weight excluding hydrogens is 400 g/mol. The second kappa shape index (κ2) is 9.01. The van der Waals surface area contributed by atoms with Crippen LogP contribution in [0.5, 0.6) is 11.5 Å². The number of methoxy groups -OCH3 is 1. The van der Waals surface area contributed by atoms with Crippen LogP contribution in [-0.4, -0.2) is 47.4 Å². The van der Waals surface area contributed by atoms with Crippen molar-refractivity contribution < 1.29 is 9.84 Å². The molecule has 166 valence electrons.